The minimum absolute atomic E-state index is 0.462. The fourth-order valence-electron chi connectivity index (χ4n) is 6.41. The van der Waals surface area contributed by atoms with Crippen LogP contribution in [0, 0.1) is 0 Å². The monoisotopic (exact) mass is 566 g/mol. The first-order valence-electron chi connectivity index (χ1n) is 15.1. The van der Waals surface area contributed by atoms with Gasteiger partial charge in [-0.15, -0.1) is 0 Å². The Morgan fingerprint density at radius 3 is 1.07 bits per heavy atom. The van der Waals surface area contributed by atoms with Crippen molar-refractivity contribution in [1.82, 2.24) is 0 Å². The van der Waals surface area contributed by atoms with Crippen molar-refractivity contribution in [2.75, 3.05) is 0 Å². The summed E-state index contributed by atoms with van der Waals surface area (Å²) in [6.07, 6.45) is 0. The molecule has 0 aliphatic heterocycles. The van der Waals surface area contributed by atoms with E-state index in [-0.39, 0.29) is 0 Å². The first-order valence-corrected chi connectivity index (χ1v) is 15.1. The van der Waals surface area contributed by atoms with Gasteiger partial charge >= 0.3 is 0 Å². The average Bonchev–Trinajstić information content (AvgIpc) is 3.09. The Morgan fingerprint density at radius 1 is 0.295 bits per heavy atom. The molecule has 8 rings (SSSR count). The van der Waals surface area contributed by atoms with E-state index in [4.69, 9.17) is 9.47 Å². The quantitative estimate of drug-likeness (QED) is 0.191. The molecule has 8 aromatic carbocycles. The van der Waals surface area contributed by atoms with Gasteiger partial charge in [0.1, 0.15) is 24.7 Å². The maximum absolute atomic E-state index is 6.76. The molecule has 0 bridgehead atoms. The van der Waals surface area contributed by atoms with E-state index in [1.165, 1.54) is 21.5 Å². The zero-order chi connectivity index (χ0) is 29.3. The molecule has 2 nitrogen and oxygen atoms in total. The van der Waals surface area contributed by atoms with Gasteiger partial charge in [-0.25, -0.2) is 0 Å². The van der Waals surface area contributed by atoms with Crippen molar-refractivity contribution in [3.8, 4) is 22.6 Å². The molecule has 8 aromatic rings. The number of ether oxygens (including phenoxy) is 2. The highest BCUT2D eigenvalue weighted by Gasteiger charge is 2.20. The molecule has 0 aliphatic carbocycles. The van der Waals surface area contributed by atoms with Crippen LogP contribution in [0.3, 0.4) is 0 Å². The van der Waals surface area contributed by atoms with Crippen molar-refractivity contribution in [1.29, 1.82) is 0 Å². The zero-order valence-corrected chi connectivity index (χ0v) is 24.2. The van der Waals surface area contributed by atoms with Crippen LogP contribution < -0.4 is 9.47 Å². The van der Waals surface area contributed by atoms with Gasteiger partial charge in [-0.2, -0.15) is 0 Å². The topological polar surface area (TPSA) is 18.5 Å². The molecule has 44 heavy (non-hydrogen) atoms. The minimum atomic E-state index is 0.462. The van der Waals surface area contributed by atoms with Crippen molar-refractivity contribution in [3.05, 3.63) is 169 Å². The number of hydrogen-bond acceptors (Lipinski definition) is 2. The number of hydrogen-bond donors (Lipinski definition) is 0. The molecule has 0 aliphatic rings. The van der Waals surface area contributed by atoms with Crippen LogP contribution in [0.15, 0.2) is 158 Å². The molecular weight excluding hydrogens is 536 g/mol. The molecule has 0 fully saturated rings. The highest BCUT2D eigenvalue weighted by atomic mass is 16.5. The molecule has 0 spiro atoms. The Bertz CT molecular complexity index is 2120. The number of rotatable bonds is 7. The Labute approximate surface area is 256 Å². The van der Waals surface area contributed by atoms with Crippen LogP contribution in [-0.2, 0) is 13.2 Å². The SMILES string of the molecule is c1ccc2c(COc3ccc4ccccc4c3-c3c(OCc4cccc5ccccc45)ccc4ccccc34)cccc2c1. The third-order valence-corrected chi connectivity index (χ3v) is 8.56. The van der Waals surface area contributed by atoms with Crippen molar-refractivity contribution in [2.24, 2.45) is 0 Å². The maximum atomic E-state index is 6.76. The third kappa shape index (κ3) is 4.71. The first-order chi connectivity index (χ1) is 21.8. The van der Waals surface area contributed by atoms with Crippen LogP contribution in [0.25, 0.3) is 54.2 Å². The predicted octanol–water partition coefficient (Wildman–Crippen LogP) is 11.1. The minimum Gasteiger partial charge on any atom is -0.488 e. The fourth-order valence-corrected chi connectivity index (χ4v) is 6.41. The zero-order valence-electron chi connectivity index (χ0n) is 24.2. The van der Waals surface area contributed by atoms with Crippen LogP contribution >= 0.6 is 0 Å². The molecular formula is C42H30O2. The van der Waals surface area contributed by atoms with Gasteiger partial charge in [0.15, 0.2) is 0 Å². The van der Waals surface area contributed by atoms with Gasteiger partial charge < -0.3 is 9.47 Å². The maximum Gasteiger partial charge on any atom is 0.128 e. The molecule has 0 radical (unpaired) electrons. The van der Waals surface area contributed by atoms with Crippen molar-refractivity contribution >= 4 is 43.1 Å². The highest BCUT2D eigenvalue weighted by Crippen LogP contribution is 2.46. The van der Waals surface area contributed by atoms with Gasteiger partial charge in [0, 0.05) is 11.1 Å². The average molecular weight is 567 g/mol. The Morgan fingerprint density at radius 2 is 0.636 bits per heavy atom. The molecule has 0 unspecified atom stereocenters. The number of fused-ring (bicyclic) bond motifs is 4. The van der Waals surface area contributed by atoms with E-state index >= 15 is 0 Å². The van der Waals surface area contributed by atoms with Gasteiger partial charge in [-0.1, -0.05) is 146 Å². The summed E-state index contributed by atoms with van der Waals surface area (Å²) in [6, 6.07) is 55.4. The summed E-state index contributed by atoms with van der Waals surface area (Å²) in [6.45, 7) is 0.924. The lowest BCUT2D eigenvalue weighted by Gasteiger charge is -2.20. The van der Waals surface area contributed by atoms with Crippen molar-refractivity contribution in [2.45, 2.75) is 13.2 Å². The van der Waals surface area contributed by atoms with Crippen LogP contribution in [-0.4, -0.2) is 0 Å². The van der Waals surface area contributed by atoms with Gasteiger partial charge in [0.2, 0.25) is 0 Å². The van der Waals surface area contributed by atoms with Crippen LogP contribution in [0.2, 0.25) is 0 Å². The van der Waals surface area contributed by atoms with Gasteiger partial charge in [-0.05, 0) is 66.3 Å². The summed E-state index contributed by atoms with van der Waals surface area (Å²) in [5.41, 5.74) is 4.42. The Balaban J connectivity index is 1.28. The summed E-state index contributed by atoms with van der Waals surface area (Å²) in [5.74, 6) is 1.67. The normalized spacial score (nSPS) is 11.4. The van der Waals surface area contributed by atoms with E-state index in [1.54, 1.807) is 0 Å². The lowest BCUT2D eigenvalue weighted by Crippen LogP contribution is -2.01. The summed E-state index contributed by atoms with van der Waals surface area (Å²) in [4.78, 5) is 0. The molecule has 0 atom stereocenters. The molecule has 0 saturated carbocycles. The van der Waals surface area contributed by atoms with Crippen molar-refractivity contribution in [3.63, 3.8) is 0 Å². The van der Waals surface area contributed by atoms with Crippen LogP contribution in [0.1, 0.15) is 11.1 Å². The van der Waals surface area contributed by atoms with E-state index in [2.05, 4.69) is 158 Å². The van der Waals surface area contributed by atoms with E-state index < -0.39 is 0 Å². The molecule has 0 saturated heterocycles. The third-order valence-electron chi connectivity index (χ3n) is 8.56. The Kier molecular flexibility index (Phi) is 6.66. The van der Waals surface area contributed by atoms with E-state index in [0.717, 1.165) is 55.3 Å². The van der Waals surface area contributed by atoms with Crippen LogP contribution in [0.4, 0.5) is 0 Å². The lowest BCUT2D eigenvalue weighted by molar-refractivity contribution is 0.305. The summed E-state index contributed by atoms with van der Waals surface area (Å²) >= 11 is 0. The second kappa shape index (κ2) is 11.2. The first kappa shape index (κ1) is 26.1. The molecule has 0 heterocycles. The standard InChI is InChI=1S/C42H30O2/c1-5-19-35-29(11-1)15-9-17-33(35)27-43-39-25-23-31-13-3-7-21-37(31)41(39)42-38-22-8-4-14-32(38)24-26-40(42)44-28-34-18-10-16-30-12-2-6-20-36(30)34/h1-26H,27-28H2. The Hall–Kier alpha value is -5.60. The molecule has 0 aromatic heterocycles. The molecule has 2 heteroatoms. The highest BCUT2D eigenvalue weighted by molar-refractivity contribution is 6.09. The number of benzene rings is 8. The van der Waals surface area contributed by atoms with Gasteiger partial charge in [-0.3, -0.25) is 0 Å². The second-order valence-corrected chi connectivity index (χ2v) is 11.2. The second-order valence-electron chi connectivity index (χ2n) is 11.2. The largest absolute Gasteiger partial charge is 0.488 e. The molecule has 0 amide bonds. The predicted molar refractivity (Wildman–Crippen MR) is 183 cm³/mol. The summed E-state index contributed by atoms with van der Waals surface area (Å²) < 4.78 is 13.5. The summed E-state index contributed by atoms with van der Waals surface area (Å²) in [5, 5.41) is 9.43. The molecule has 0 N–H and O–H groups in total. The lowest BCUT2D eigenvalue weighted by atomic mass is 9.92. The van der Waals surface area contributed by atoms with E-state index in [0.29, 0.717) is 13.2 Å². The van der Waals surface area contributed by atoms with E-state index in [9.17, 15) is 0 Å². The van der Waals surface area contributed by atoms with Crippen molar-refractivity contribution < 1.29 is 9.47 Å². The van der Waals surface area contributed by atoms with Gasteiger partial charge in [0.05, 0.1) is 0 Å². The van der Waals surface area contributed by atoms with Gasteiger partial charge in [0.25, 0.3) is 0 Å². The van der Waals surface area contributed by atoms with Crippen LogP contribution in [0.5, 0.6) is 11.5 Å². The summed E-state index contributed by atoms with van der Waals surface area (Å²) in [7, 11) is 0. The fraction of sp³-hybridized carbons (Fsp3) is 0.0476. The smallest absolute Gasteiger partial charge is 0.128 e. The molecule has 210 valence electrons. The van der Waals surface area contributed by atoms with E-state index in [1.807, 2.05) is 0 Å².